The summed E-state index contributed by atoms with van der Waals surface area (Å²) in [5, 5.41) is 7.03. The average molecular weight is 309 g/mol. The van der Waals surface area contributed by atoms with Gasteiger partial charge in [-0.15, -0.1) is 0 Å². The Kier molecular flexibility index (Phi) is 3.76. The fourth-order valence-electron chi connectivity index (χ4n) is 1.61. The molecule has 5 nitrogen and oxygen atoms in total. The zero-order chi connectivity index (χ0) is 13.1. The van der Waals surface area contributed by atoms with Gasteiger partial charge in [-0.1, -0.05) is 0 Å². The van der Waals surface area contributed by atoms with Gasteiger partial charge in [-0.25, -0.2) is 4.98 Å². The van der Waals surface area contributed by atoms with E-state index in [1.165, 1.54) is 0 Å². The van der Waals surface area contributed by atoms with Crippen molar-refractivity contribution in [3.63, 3.8) is 0 Å². The third-order valence-corrected chi connectivity index (χ3v) is 2.89. The van der Waals surface area contributed by atoms with Crippen molar-refractivity contribution >= 4 is 27.5 Å². The number of pyridine rings is 1. The summed E-state index contributed by atoms with van der Waals surface area (Å²) in [6.45, 7) is 4.48. The Hall–Kier alpha value is -1.69. The molecule has 0 atom stereocenters. The molecule has 6 heteroatoms. The number of amides is 1. The molecule has 0 radical (unpaired) electrons. The minimum atomic E-state index is -0.179. The van der Waals surface area contributed by atoms with Gasteiger partial charge in [0.25, 0.3) is 5.91 Å². The van der Waals surface area contributed by atoms with Crippen molar-refractivity contribution in [1.29, 1.82) is 0 Å². The fraction of sp³-hybridized carbons (Fsp3) is 0.250. The van der Waals surface area contributed by atoms with E-state index in [2.05, 4.69) is 31.3 Å². The van der Waals surface area contributed by atoms with Crippen LogP contribution >= 0.6 is 15.9 Å². The predicted molar refractivity (Wildman–Crippen MR) is 72.5 cm³/mol. The first kappa shape index (κ1) is 12.8. The van der Waals surface area contributed by atoms with E-state index in [-0.39, 0.29) is 5.91 Å². The third kappa shape index (κ3) is 2.76. The standard InChI is InChI=1S/C12H13BrN4O/c1-3-17-10(6-8(2)16-17)12(18)15-9-4-5-11(13)14-7-9/h4-7H,3H2,1-2H3,(H,15,18). The second kappa shape index (κ2) is 5.30. The van der Waals surface area contributed by atoms with E-state index in [0.29, 0.717) is 17.9 Å². The van der Waals surface area contributed by atoms with Gasteiger partial charge in [0.05, 0.1) is 17.6 Å². The second-order valence-electron chi connectivity index (χ2n) is 3.81. The first-order valence-electron chi connectivity index (χ1n) is 5.57. The van der Waals surface area contributed by atoms with Crippen molar-refractivity contribution in [1.82, 2.24) is 14.8 Å². The molecular formula is C12H13BrN4O. The number of hydrogen-bond donors (Lipinski definition) is 1. The van der Waals surface area contributed by atoms with Crippen LogP contribution in [-0.4, -0.2) is 20.7 Å². The van der Waals surface area contributed by atoms with Gasteiger partial charge >= 0.3 is 0 Å². The topological polar surface area (TPSA) is 59.8 Å². The average Bonchev–Trinajstić information content (AvgIpc) is 2.73. The molecule has 18 heavy (non-hydrogen) atoms. The number of anilines is 1. The molecule has 0 bridgehead atoms. The number of nitrogens with one attached hydrogen (secondary N) is 1. The van der Waals surface area contributed by atoms with E-state index in [1.807, 2.05) is 13.8 Å². The van der Waals surface area contributed by atoms with Crippen molar-refractivity contribution in [2.75, 3.05) is 5.32 Å². The first-order chi connectivity index (χ1) is 8.60. The lowest BCUT2D eigenvalue weighted by molar-refractivity contribution is 0.101. The summed E-state index contributed by atoms with van der Waals surface area (Å²) >= 11 is 3.24. The number of nitrogens with zero attached hydrogens (tertiary/aromatic N) is 3. The Labute approximate surface area is 113 Å². The number of halogens is 1. The molecule has 0 spiro atoms. The Morgan fingerprint density at radius 1 is 1.50 bits per heavy atom. The number of carbonyl (C=O) groups excluding carboxylic acids is 1. The van der Waals surface area contributed by atoms with Crippen LogP contribution in [0.3, 0.4) is 0 Å². The van der Waals surface area contributed by atoms with Crippen LogP contribution < -0.4 is 5.32 Å². The zero-order valence-corrected chi connectivity index (χ0v) is 11.7. The quantitative estimate of drug-likeness (QED) is 0.887. The molecule has 0 aliphatic heterocycles. The maximum absolute atomic E-state index is 12.1. The van der Waals surface area contributed by atoms with Crippen LogP contribution in [0, 0.1) is 6.92 Å². The third-order valence-electron chi connectivity index (χ3n) is 2.42. The molecule has 1 amide bonds. The lowest BCUT2D eigenvalue weighted by atomic mass is 10.3. The van der Waals surface area contributed by atoms with Gasteiger partial charge in [0.2, 0.25) is 0 Å². The summed E-state index contributed by atoms with van der Waals surface area (Å²) in [4.78, 5) is 16.1. The van der Waals surface area contributed by atoms with Crippen molar-refractivity contribution in [3.05, 3.63) is 40.4 Å². The summed E-state index contributed by atoms with van der Waals surface area (Å²) in [6.07, 6.45) is 1.60. The molecule has 2 aromatic heterocycles. The van der Waals surface area contributed by atoms with E-state index < -0.39 is 0 Å². The van der Waals surface area contributed by atoms with Gasteiger partial charge in [0.1, 0.15) is 10.3 Å². The Morgan fingerprint density at radius 3 is 2.89 bits per heavy atom. The number of aromatic nitrogens is 3. The minimum Gasteiger partial charge on any atom is -0.319 e. The van der Waals surface area contributed by atoms with Gasteiger partial charge < -0.3 is 5.32 Å². The molecule has 94 valence electrons. The SMILES string of the molecule is CCn1nc(C)cc1C(=O)Nc1ccc(Br)nc1. The van der Waals surface area contributed by atoms with Crippen LogP contribution in [0.25, 0.3) is 0 Å². The summed E-state index contributed by atoms with van der Waals surface area (Å²) in [6, 6.07) is 5.33. The molecule has 0 fully saturated rings. The number of aryl methyl sites for hydroxylation is 2. The molecular weight excluding hydrogens is 296 g/mol. The largest absolute Gasteiger partial charge is 0.319 e. The van der Waals surface area contributed by atoms with Crippen molar-refractivity contribution in [2.24, 2.45) is 0 Å². The van der Waals surface area contributed by atoms with E-state index in [4.69, 9.17) is 0 Å². The number of rotatable bonds is 3. The number of hydrogen-bond acceptors (Lipinski definition) is 3. The van der Waals surface area contributed by atoms with Gasteiger partial charge in [0, 0.05) is 6.54 Å². The molecule has 2 rings (SSSR count). The van der Waals surface area contributed by atoms with Crippen LogP contribution in [0.5, 0.6) is 0 Å². The Balaban J connectivity index is 2.19. The summed E-state index contributed by atoms with van der Waals surface area (Å²) in [5.41, 5.74) is 2.04. The smallest absolute Gasteiger partial charge is 0.273 e. The van der Waals surface area contributed by atoms with E-state index in [1.54, 1.807) is 29.1 Å². The molecule has 0 saturated heterocycles. The van der Waals surface area contributed by atoms with E-state index in [9.17, 15) is 4.79 Å². The van der Waals surface area contributed by atoms with Gasteiger partial charge in [-0.05, 0) is 48.0 Å². The summed E-state index contributed by atoms with van der Waals surface area (Å²) in [5.74, 6) is -0.179. The normalized spacial score (nSPS) is 10.4. The van der Waals surface area contributed by atoms with Crippen molar-refractivity contribution in [3.8, 4) is 0 Å². The van der Waals surface area contributed by atoms with Crippen molar-refractivity contribution < 1.29 is 4.79 Å². The Morgan fingerprint density at radius 2 is 2.28 bits per heavy atom. The van der Waals surface area contributed by atoms with Crippen LogP contribution in [-0.2, 0) is 6.54 Å². The second-order valence-corrected chi connectivity index (χ2v) is 4.62. The Bertz CT molecular complexity index is 562. The van der Waals surface area contributed by atoms with Gasteiger partial charge in [-0.3, -0.25) is 9.48 Å². The molecule has 0 unspecified atom stereocenters. The molecule has 0 aromatic carbocycles. The van der Waals surface area contributed by atoms with Crippen LogP contribution in [0.1, 0.15) is 23.1 Å². The van der Waals surface area contributed by atoms with Crippen molar-refractivity contribution in [2.45, 2.75) is 20.4 Å². The lowest BCUT2D eigenvalue weighted by Gasteiger charge is -2.06. The maximum atomic E-state index is 12.1. The summed E-state index contributed by atoms with van der Waals surface area (Å²) in [7, 11) is 0. The highest BCUT2D eigenvalue weighted by molar-refractivity contribution is 9.10. The van der Waals surface area contributed by atoms with Crippen LogP contribution in [0.15, 0.2) is 29.0 Å². The monoisotopic (exact) mass is 308 g/mol. The minimum absolute atomic E-state index is 0.179. The van der Waals surface area contributed by atoms with Crippen LogP contribution in [0.2, 0.25) is 0 Å². The van der Waals surface area contributed by atoms with E-state index >= 15 is 0 Å². The molecule has 0 aliphatic carbocycles. The predicted octanol–water partition coefficient (Wildman–Crippen LogP) is 2.62. The first-order valence-corrected chi connectivity index (χ1v) is 6.37. The maximum Gasteiger partial charge on any atom is 0.273 e. The zero-order valence-electron chi connectivity index (χ0n) is 10.1. The van der Waals surface area contributed by atoms with Gasteiger partial charge in [0.15, 0.2) is 0 Å². The highest BCUT2D eigenvalue weighted by Gasteiger charge is 2.13. The summed E-state index contributed by atoms with van der Waals surface area (Å²) < 4.78 is 2.41. The number of carbonyl (C=O) groups is 1. The van der Waals surface area contributed by atoms with E-state index in [0.717, 1.165) is 10.3 Å². The molecule has 2 heterocycles. The molecule has 1 N–H and O–H groups in total. The lowest BCUT2D eigenvalue weighted by Crippen LogP contribution is -2.17. The molecule has 0 aliphatic rings. The van der Waals surface area contributed by atoms with Crippen LogP contribution in [0.4, 0.5) is 5.69 Å². The van der Waals surface area contributed by atoms with Gasteiger partial charge in [-0.2, -0.15) is 5.10 Å². The molecule has 0 saturated carbocycles. The fourth-order valence-corrected chi connectivity index (χ4v) is 1.85. The molecule has 2 aromatic rings. The highest BCUT2D eigenvalue weighted by Crippen LogP contribution is 2.12. The highest BCUT2D eigenvalue weighted by atomic mass is 79.9.